The van der Waals surface area contributed by atoms with Crippen molar-refractivity contribution in [1.82, 2.24) is 29.4 Å². The third-order valence-corrected chi connectivity index (χ3v) is 12.0. The number of fused-ring (bicyclic) bond motifs is 1. The number of thioether (sulfide) groups is 1. The van der Waals surface area contributed by atoms with Crippen molar-refractivity contribution < 1.29 is 13.2 Å². The standard InChI is InChI=1S/C27H27N7O4S4/c1-33-8-11-39-21(16-33)17-3-5-19(6-4-17)31-26-30-14-18-13-20(24-29-15-22(41-24)42(36,37)12-9-38-2)25(35)34(23(18)32-26)27-28-7-10-40-27/h3-7,10,13-15,21H,8-9,11-12,16H2,1-2H3,(H,30,31,32). The molecule has 218 valence electrons. The van der Waals surface area contributed by atoms with Crippen molar-refractivity contribution in [3.63, 3.8) is 0 Å². The minimum atomic E-state index is -3.59. The first-order valence-corrected chi connectivity index (χ1v) is 17.4. The van der Waals surface area contributed by atoms with Crippen LogP contribution < -0.4 is 10.9 Å². The fourth-order valence-electron chi connectivity index (χ4n) is 4.53. The first-order valence-electron chi connectivity index (χ1n) is 13.0. The summed E-state index contributed by atoms with van der Waals surface area (Å²) in [6, 6.07) is 9.90. The number of sulfone groups is 1. The Morgan fingerprint density at radius 3 is 2.71 bits per heavy atom. The molecular formula is C27H27N7O4S4. The van der Waals surface area contributed by atoms with Crippen LogP contribution in [0.1, 0.15) is 10.8 Å². The van der Waals surface area contributed by atoms with Crippen LogP contribution in [0, 0.1) is 0 Å². The molecule has 1 atom stereocenters. The number of nitrogens with zero attached hydrogens (tertiary/aromatic N) is 6. The highest BCUT2D eigenvalue weighted by molar-refractivity contribution is 7.99. The van der Waals surface area contributed by atoms with E-state index in [1.165, 1.54) is 34.8 Å². The number of thiazole rings is 2. The Kier molecular flexibility index (Phi) is 8.38. The predicted molar refractivity (Wildman–Crippen MR) is 168 cm³/mol. The highest BCUT2D eigenvalue weighted by atomic mass is 32.2. The molecule has 1 N–H and O–H groups in total. The molecule has 1 fully saturated rings. The number of benzene rings is 1. The minimum Gasteiger partial charge on any atom is -0.384 e. The largest absolute Gasteiger partial charge is 0.384 e. The van der Waals surface area contributed by atoms with Crippen LogP contribution in [-0.2, 0) is 14.6 Å². The maximum atomic E-state index is 13.8. The van der Waals surface area contributed by atoms with Crippen LogP contribution in [0.4, 0.5) is 11.6 Å². The van der Waals surface area contributed by atoms with E-state index in [2.05, 4.69) is 44.3 Å². The second kappa shape index (κ2) is 12.2. The lowest BCUT2D eigenvalue weighted by molar-refractivity contribution is 0.217. The zero-order valence-corrected chi connectivity index (χ0v) is 26.0. The summed E-state index contributed by atoms with van der Waals surface area (Å²) < 4.78 is 31.7. The Hall–Kier alpha value is -3.21. The maximum Gasteiger partial charge on any atom is 0.268 e. The van der Waals surface area contributed by atoms with Gasteiger partial charge in [-0.15, -0.1) is 22.7 Å². The van der Waals surface area contributed by atoms with Gasteiger partial charge in [0, 0.05) is 60.0 Å². The number of likely N-dealkylation sites (N-methyl/N-ethyl adjacent to an activating group) is 1. The summed E-state index contributed by atoms with van der Waals surface area (Å²) in [5.74, 6) is 1.28. The van der Waals surface area contributed by atoms with Crippen molar-refractivity contribution >= 4 is 66.9 Å². The quantitative estimate of drug-likeness (QED) is 0.248. The highest BCUT2D eigenvalue weighted by Gasteiger charge is 2.23. The van der Waals surface area contributed by atoms with Gasteiger partial charge in [0.05, 0.1) is 24.1 Å². The fraction of sp³-hybridized carbons (Fsp3) is 0.296. The van der Waals surface area contributed by atoms with Crippen molar-refractivity contribution in [2.75, 3.05) is 50.7 Å². The summed E-state index contributed by atoms with van der Waals surface area (Å²) in [6.45, 7) is 2.19. The lowest BCUT2D eigenvalue weighted by Crippen LogP contribution is -2.30. The van der Waals surface area contributed by atoms with E-state index in [1.807, 2.05) is 23.9 Å². The molecule has 1 saturated heterocycles. The molecule has 5 heterocycles. The van der Waals surface area contributed by atoms with Crippen LogP contribution in [0.2, 0.25) is 0 Å². The number of hydrogen-bond donors (Lipinski definition) is 1. The van der Waals surface area contributed by atoms with Crippen LogP contribution in [0.15, 0.2) is 63.3 Å². The number of ether oxygens (including phenoxy) is 1. The average Bonchev–Trinajstić information content (AvgIpc) is 3.70. The zero-order valence-electron chi connectivity index (χ0n) is 22.8. The molecule has 1 aliphatic heterocycles. The SMILES string of the molecule is COCCS(=O)(=O)c1cnc(-c2cc3cnc(Nc4ccc(C5CN(C)CCS5)cc4)nc3n(-c3nccs3)c2=O)s1. The number of rotatable bonds is 9. The van der Waals surface area contributed by atoms with E-state index in [-0.39, 0.29) is 27.1 Å². The monoisotopic (exact) mass is 641 g/mol. The molecule has 15 heteroatoms. The number of pyridine rings is 1. The van der Waals surface area contributed by atoms with Gasteiger partial charge >= 0.3 is 0 Å². The van der Waals surface area contributed by atoms with E-state index in [1.54, 1.807) is 23.8 Å². The summed E-state index contributed by atoms with van der Waals surface area (Å²) in [5, 5.41) is 6.76. The van der Waals surface area contributed by atoms with Crippen molar-refractivity contribution in [1.29, 1.82) is 0 Å². The third kappa shape index (κ3) is 5.98. The van der Waals surface area contributed by atoms with E-state index >= 15 is 0 Å². The second-order valence-corrected chi connectivity index (χ2v) is 15.2. The van der Waals surface area contributed by atoms with Crippen LogP contribution in [-0.4, -0.2) is 83.2 Å². The van der Waals surface area contributed by atoms with Crippen molar-refractivity contribution in [3.05, 3.63) is 70.2 Å². The molecule has 5 aromatic rings. The lowest BCUT2D eigenvalue weighted by atomic mass is 10.1. The van der Waals surface area contributed by atoms with Gasteiger partial charge < -0.3 is 15.0 Å². The van der Waals surface area contributed by atoms with E-state index in [4.69, 9.17) is 9.72 Å². The van der Waals surface area contributed by atoms with Gasteiger partial charge in [-0.1, -0.05) is 12.1 Å². The average molecular weight is 642 g/mol. The molecule has 1 aliphatic rings. The Labute approximate surface area is 254 Å². The van der Waals surface area contributed by atoms with Gasteiger partial charge in [0.2, 0.25) is 5.95 Å². The van der Waals surface area contributed by atoms with Gasteiger partial charge in [0.1, 0.15) is 9.22 Å². The Bertz CT molecular complexity index is 1870. The van der Waals surface area contributed by atoms with Gasteiger partial charge in [-0.05, 0) is 30.8 Å². The Morgan fingerprint density at radius 2 is 1.98 bits per heavy atom. The fourth-order valence-corrected chi connectivity index (χ4v) is 9.03. The van der Waals surface area contributed by atoms with Gasteiger partial charge in [-0.3, -0.25) is 4.79 Å². The van der Waals surface area contributed by atoms with Gasteiger partial charge in [0.25, 0.3) is 5.56 Å². The molecule has 0 spiro atoms. The molecule has 0 bridgehead atoms. The lowest BCUT2D eigenvalue weighted by Gasteiger charge is -2.29. The summed E-state index contributed by atoms with van der Waals surface area (Å²) in [4.78, 5) is 34.0. The van der Waals surface area contributed by atoms with E-state index in [9.17, 15) is 13.2 Å². The van der Waals surface area contributed by atoms with Crippen molar-refractivity contribution in [2.45, 2.75) is 9.46 Å². The molecule has 1 unspecified atom stereocenters. The Balaban J connectivity index is 1.34. The molecule has 6 rings (SSSR count). The maximum absolute atomic E-state index is 13.8. The molecule has 1 aromatic carbocycles. The first kappa shape index (κ1) is 28.9. The number of nitrogens with one attached hydrogen (secondary N) is 1. The van der Waals surface area contributed by atoms with Gasteiger partial charge in [0.15, 0.2) is 20.6 Å². The molecule has 0 amide bonds. The van der Waals surface area contributed by atoms with Crippen LogP contribution in [0.5, 0.6) is 0 Å². The molecule has 0 radical (unpaired) electrons. The van der Waals surface area contributed by atoms with Crippen molar-refractivity contribution in [3.8, 4) is 15.7 Å². The number of aromatic nitrogens is 5. The minimum absolute atomic E-state index is 0.0669. The van der Waals surface area contributed by atoms with Crippen molar-refractivity contribution in [2.24, 2.45) is 0 Å². The Morgan fingerprint density at radius 1 is 1.14 bits per heavy atom. The molecule has 4 aromatic heterocycles. The topological polar surface area (TPSA) is 132 Å². The molecule has 0 aliphatic carbocycles. The van der Waals surface area contributed by atoms with Gasteiger partial charge in [-0.2, -0.15) is 16.7 Å². The molecule has 0 saturated carbocycles. The first-order chi connectivity index (χ1) is 20.3. The van der Waals surface area contributed by atoms with Crippen LogP contribution >= 0.6 is 34.4 Å². The van der Waals surface area contributed by atoms with E-state index in [0.29, 0.717) is 27.4 Å². The summed E-state index contributed by atoms with van der Waals surface area (Å²) in [5.41, 5.74) is 2.31. The number of anilines is 2. The molecule has 42 heavy (non-hydrogen) atoms. The van der Waals surface area contributed by atoms with Crippen LogP contribution in [0.3, 0.4) is 0 Å². The zero-order chi connectivity index (χ0) is 29.3. The highest BCUT2D eigenvalue weighted by Crippen LogP contribution is 2.34. The van der Waals surface area contributed by atoms with E-state index < -0.39 is 15.4 Å². The molecule has 11 nitrogen and oxygen atoms in total. The van der Waals surface area contributed by atoms with Gasteiger partial charge in [-0.25, -0.2) is 27.9 Å². The molecular weight excluding hydrogens is 615 g/mol. The second-order valence-electron chi connectivity index (χ2n) is 9.65. The van der Waals surface area contributed by atoms with Crippen LogP contribution in [0.25, 0.3) is 26.7 Å². The summed E-state index contributed by atoms with van der Waals surface area (Å²) in [6.07, 6.45) is 4.52. The predicted octanol–water partition coefficient (Wildman–Crippen LogP) is 4.24. The van der Waals surface area contributed by atoms with E-state index in [0.717, 1.165) is 35.9 Å². The summed E-state index contributed by atoms with van der Waals surface area (Å²) in [7, 11) is 0.00323. The summed E-state index contributed by atoms with van der Waals surface area (Å²) >= 11 is 4.21. The smallest absolute Gasteiger partial charge is 0.268 e. The number of methoxy groups -OCH3 is 1. The number of hydrogen-bond acceptors (Lipinski definition) is 13. The third-order valence-electron chi connectivity index (χ3n) is 6.74. The normalized spacial score (nSPS) is 16.2.